The van der Waals surface area contributed by atoms with Gasteiger partial charge in [-0.05, 0) is 74.6 Å². The number of aryl methyl sites for hydroxylation is 1. The molecule has 204 valence electrons. The molecule has 1 aromatic heterocycles. The SMILES string of the molecule is CCN1/C(=C/C=C2\CCCC(/C=C/c3sc4ccccc4[n+]3CC)=C2N2CCOCC2)Sc2ccccc21.[I-]. The number of hydrogen-bond acceptors (Lipinski definition) is 5. The number of allylic oxidation sites excluding steroid dienone is 5. The van der Waals surface area contributed by atoms with Gasteiger partial charge in [0.05, 0.1) is 23.9 Å². The average molecular weight is 670 g/mol. The Morgan fingerprint density at radius 2 is 1.74 bits per heavy atom. The molecule has 1 saturated heterocycles. The smallest absolute Gasteiger partial charge is 0.262 e. The van der Waals surface area contributed by atoms with Gasteiger partial charge in [-0.25, -0.2) is 0 Å². The third-order valence-electron chi connectivity index (χ3n) is 7.59. The molecule has 39 heavy (non-hydrogen) atoms. The lowest BCUT2D eigenvalue weighted by Crippen LogP contribution is -3.00. The van der Waals surface area contributed by atoms with Gasteiger partial charge in [-0.2, -0.15) is 4.57 Å². The summed E-state index contributed by atoms with van der Waals surface area (Å²) in [6.07, 6.45) is 12.9. The number of nitrogens with zero attached hydrogens (tertiary/aromatic N) is 3. The van der Waals surface area contributed by atoms with Gasteiger partial charge in [0.25, 0.3) is 5.01 Å². The van der Waals surface area contributed by atoms with E-state index in [2.05, 4.69) is 101 Å². The number of anilines is 1. The van der Waals surface area contributed by atoms with Crippen LogP contribution in [-0.2, 0) is 11.3 Å². The lowest BCUT2D eigenvalue weighted by molar-refractivity contribution is -0.665. The Kier molecular flexibility index (Phi) is 9.53. The molecule has 3 aromatic rings. The summed E-state index contributed by atoms with van der Waals surface area (Å²) in [7, 11) is 0. The number of morpholine rings is 1. The van der Waals surface area contributed by atoms with Gasteiger partial charge in [0, 0.05) is 42.4 Å². The van der Waals surface area contributed by atoms with E-state index in [4.69, 9.17) is 4.74 Å². The van der Waals surface area contributed by atoms with Crippen molar-refractivity contribution in [3.8, 4) is 0 Å². The zero-order valence-electron chi connectivity index (χ0n) is 22.7. The van der Waals surface area contributed by atoms with Crippen molar-refractivity contribution in [1.29, 1.82) is 0 Å². The average Bonchev–Trinajstić information content (AvgIpc) is 3.52. The lowest BCUT2D eigenvalue weighted by atomic mass is 9.90. The first-order valence-electron chi connectivity index (χ1n) is 13.9. The number of ether oxygens (including phenoxy) is 1. The summed E-state index contributed by atoms with van der Waals surface area (Å²) >= 11 is 3.77. The molecule has 3 heterocycles. The fraction of sp³-hybridized carbons (Fsp3) is 0.344. The topological polar surface area (TPSA) is 19.6 Å². The first kappa shape index (κ1) is 28.5. The molecule has 1 aliphatic carbocycles. The molecule has 6 rings (SSSR count). The van der Waals surface area contributed by atoms with Crippen LogP contribution in [0.2, 0.25) is 0 Å². The molecule has 0 N–H and O–H groups in total. The summed E-state index contributed by atoms with van der Waals surface area (Å²) < 4.78 is 9.52. The number of fused-ring (bicyclic) bond motifs is 2. The number of thioether (sulfide) groups is 1. The van der Waals surface area contributed by atoms with Gasteiger partial charge in [0.1, 0.15) is 11.2 Å². The highest BCUT2D eigenvalue weighted by Crippen LogP contribution is 2.46. The molecule has 0 radical (unpaired) electrons. The Morgan fingerprint density at radius 1 is 0.949 bits per heavy atom. The zero-order valence-corrected chi connectivity index (χ0v) is 26.5. The molecule has 0 bridgehead atoms. The molecule has 4 nitrogen and oxygen atoms in total. The van der Waals surface area contributed by atoms with E-state index in [0.717, 1.165) is 52.2 Å². The second kappa shape index (κ2) is 13.1. The Hall–Kier alpha value is -2.07. The van der Waals surface area contributed by atoms with E-state index >= 15 is 0 Å². The minimum absolute atomic E-state index is 0. The standard InChI is InChI=1S/C32H36N3OS2.HI/c1-3-34-26-12-5-7-14-28(26)37-30(34)18-16-24-10-9-11-25(32(24)33-20-22-36-23-21-33)17-19-31-35(4-2)27-13-6-8-15-29(27)38-31;/h5-8,12-19H,3-4,9-11,20-23H2,1-2H3;1H/q+1;/p-1. The van der Waals surface area contributed by atoms with Crippen molar-refractivity contribution in [2.24, 2.45) is 0 Å². The minimum atomic E-state index is 0. The first-order chi connectivity index (χ1) is 18.8. The van der Waals surface area contributed by atoms with E-state index in [9.17, 15) is 0 Å². The van der Waals surface area contributed by atoms with E-state index in [1.807, 2.05) is 23.1 Å². The Balaban J connectivity index is 0.00000308. The third-order valence-corrected chi connectivity index (χ3v) is 9.85. The van der Waals surface area contributed by atoms with Crippen molar-refractivity contribution in [3.63, 3.8) is 0 Å². The number of hydrogen-bond donors (Lipinski definition) is 0. The van der Waals surface area contributed by atoms with Crippen LogP contribution < -0.4 is 33.4 Å². The van der Waals surface area contributed by atoms with Crippen LogP contribution in [0.4, 0.5) is 5.69 Å². The van der Waals surface area contributed by atoms with E-state index in [1.54, 1.807) is 0 Å². The molecular formula is C32H36IN3OS2. The number of halogens is 1. The second-order valence-corrected chi connectivity index (χ2v) is 11.9. The van der Waals surface area contributed by atoms with E-state index in [0.29, 0.717) is 0 Å². The predicted octanol–water partition coefficient (Wildman–Crippen LogP) is 4.40. The quantitative estimate of drug-likeness (QED) is 0.287. The van der Waals surface area contributed by atoms with Crippen molar-refractivity contribution in [1.82, 2.24) is 4.90 Å². The molecule has 2 aromatic carbocycles. The van der Waals surface area contributed by atoms with Crippen molar-refractivity contribution in [3.05, 3.63) is 93.6 Å². The summed E-state index contributed by atoms with van der Waals surface area (Å²) in [6, 6.07) is 17.5. The number of para-hydroxylation sites is 2. The Morgan fingerprint density at radius 3 is 2.56 bits per heavy atom. The van der Waals surface area contributed by atoms with Gasteiger partial charge in [0.15, 0.2) is 0 Å². The van der Waals surface area contributed by atoms with Crippen molar-refractivity contribution >= 4 is 45.1 Å². The second-order valence-electron chi connectivity index (χ2n) is 9.82. The monoisotopic (exact) mass is 669 g/mol. The first-order valence-corrected chi connectivity index (χ1v) is 15.5. The number of thiazole rings is 1. The Labute approximate surface area is 257 Å². The molecule has 3 aliphatic rings. The van der Waals surface area contributed by atoms with Gasteiger partial charge in [-0.15, -0.1) is 0 Å². The van der Waals surface area contributed by atoms with Gasteiger partial charge in [-0.3, -0.25) is 0 Å². The summed E-state index contributed by atoms with van der Waals surface area (Å²) in [5.41, 5.74) is 7.00. The number of aromatic nitrogens is 1. The molecule has 0 atom stereocenters. The number of rotatable bonds is 6. The fourth-order valence-corrected chi connectivity index (χ4v) is 8.04. The number of benzene rings is 2. The highest BCUT2D eigenvalue weighted by atomic mass is 127. The van der Waals surface area contributed by atoms with Crippen molar-refractivity contribution in [2.75, 3.05) is 37.7 Å². The largest absolute Gasteiger partial charge is 1.00 e. The summed E-state index contributed by atoms with van der Waals surface area (Å²) in [5, 5.41) is 2.64. The van der Waals surface area contributed by atoms with Crippen LogP contribution in [-0.4, -0.2) is 37.7 Å². The van der Waals surface area contributed by atoms with Crippen LogP contribution in [0.15, 0.2) is 93.5 Å². The lowest BCUT2D eigenvalue weighted by Gasteiger charge is -2.36. The van der Waals surface area contributed by atoms with Crippen molar-refractivity contribution in [2.45, 2.75) is 44.6 Å². The Bertz CT molecular complexity index is 1450. The maximum Gasteiger partial charge on any atom is 0.262 e. The van der Waals surface area contributed by atoms with Crippen molar-refractivity contribution < 1.29 is 33.3 Å². The molecule has 0 spiro atoms. The normalized spacial score (nSPS) is 19.9. The predicted molar refractivity (Wildman–Crippen MR) is 161 cm³/mol. The third kappa shape index (κ3) is 5.87. The van der Waals surface area contributed by atoms with E-state index in [1.165, 1.54) is 54.1 Å². The highest BCUT2D eigenvalue weighted by Gasteiger charge is 2.26. The van der Waals surface area contributed by atoms with Crippen LogP contribution in [0.3, 0.4) is 0 Å². The molecule has 2 aliphatic heterocycles. The van der Waals surface area contributed by atoms with Gasteiger partial charge < -0.3 is 38.5 Å². The van der Waals surface area contributed by atoms with Crippen LogP contribution in [0.1, 0.15) is 38.1 Å². The van der Waals surface area contributed by atoms with Gasteiger partial charge >= 0.3 is 0 Å². The maximum atomic E-state index is 5.73. The molecule has 7 heteroatoms. The molecule has 0 amide bonds. The summed E-state index contributed by atoms with van der Waals surface area (Å²) in [6.45, 7) is 9.95. The highest BCUT2D eigenvalue weighted by molar-refractivity contribution is 8.03. The fourth-order valence-electron chi connectivity index (χ4n) is 5.78. The van der Waals surface area contributed by atoms with Crippen LogP contribution in [0.5, 0.6) is 0 Å². The minimum Gasteiger partial charge on any atom is -1.00 e. The summed E-state index contributed by atoms with van der Waals surface area (Å²) in [5.74, 6) is 0. The zero-order chi connectivity index (χ0) is 25.9. The molecule has 1 fully saturated rings. The molecular weight excluding hydrogens is 633 g/mol. The van der Waals surface area contributed by atoms with Gasteiger partial charge in [-0.1, -0.05) is 53.4 Å². The van der Waals surface area contributed by atoms with Crippen LogP contribution in [0, 0.1) is 0 Å². The maximum absolute atomic E-state index is 5.73. The van der Waals surface area contributed by atoms with Crippen LogP contribution >= 0.6 is 23.1 Å². The molecule has 0 saturated carbocycles. The molecule has 0 unspecified atom stereocenters. The van der Waals surface area contributed by atoms with E-state index in [-0.39, 0.29) is 24.0 Å². The van der Waals surface area contributed by atoms with Crippen LogP contribution in [0.25, 0.3) is 16.3 Å². The van der Waals surface area contributed by atoms with Gasteiger partial charge in [0.2, 0.25) is 5.52 Å². The summed E-state index contributed by atoms with van der Waals surface area (Å²) in [4.78, 5) is 6.35. The van der Waals surface area contributed by atoms with E-state index < -0.39 is 0 Å².